The zero-order valence-corrected chi connectivity index (χ0v) is 15.4. The fourth-order valence-electron chi connectivity index (χ4n) is 2.34. The smallest absolute Gasteiger partial charge is 0.251 e. The molecule has 2 aromatic carbocycles. The van der Waals surface area contributed by atoms with Crippen LogP contribution < -0.4 is 10.6 Å². The number of halogens is 1. The van der Waals surface area contributed by atoms with E-state index in [1.165, 1.54) is 0 Å². The van der Waals surface area contributed by atoms with Crippen molar-refractivity contribution in [3.63, 3.8) is 0 Å². The molecular weight excluding hydrogens is 378 g/mol. The van der Waals surface area contributed by atoms with Gasteiger partial charge in [0, 0.05) is 28.5 Å². The molecule has 126 valence electrons. The topological polar surface area (TPSA) is 54.0 Å². The quantitative estimate of drug-likeness (QED) is 0.650. The second kappa shape index (κ2) is 7.94. The molecule has 3 aromatic rings. The molecule has 0 spiro atoms. The fourth-order valence-corrected chi connectivity index (χ4v) is 2.72. The molecule has 0 unspecified atom stereocenters. The number of carbonyl (C=O) groups excluding carboxylic acids is 1. The van der Waals surface area contributed by atoms with Crippen LogP contribution in [0.3, 0.4) is 0 Å². The largest absolute Gasteiger partial charge is 0.348 e. The number of amides is 1. The Labute approximate surface area is 155 Å². The van der Waals surface area contributed by atoms with Crippen molar-refractivity contribution in [2.75, 3.05) is 5.32 Å². The Morgan fingerprint density at radius 1 is 1.08 bits per heavy atom. The highest BCUT2D eigenvalue weighted by Crippen LogP contribution is 2.23. The lowest BCUT2D eigenvalue weighted by atomic mass is 10.2. The van der Waals surface area contributed by atoms with Crippen molar-refractivity contribution < 1.29 is 4.79 Å². The predicted octanol–water partition coefficient (Wildman–Crippen LogP) is 4.83. The molecule has 1 heterocycles. The summed E-state index contributed by atoms with van der Waals surface area (Å²) < 4.78 is 1.02. The van der Waals surface area contributed by atoms with Gasteiger partial charge in [-0.05, 0) is 42.3 Å². The number of hydrogen-bond acceptors (Lipinski definition) is 3. The Morgan fingerprint density at radius 2 is 1.88 bits per heavy atom. The zero-order chi connectivity index (χ0) is 17.6. The van der Waals surface area contributed by atoms with E-state index in [4.69, 9.17) is 0 Å². The van der Waals surface area contributed by atoms with Gasteiger partial charge in [-0.1, -0.05) is 52.3 Å². The number of hydrogen-bond donors (Lipinski definition) is 2. The Balaban J connectivity index is 1.68. The molecule has 1 amide bonds. The van der Waals surface area contributed by atoms with Crippen molar-refractivity contribution in [2.24, 2.45) is 0 Å². The van der Waals surface area contributed by atoms with E-state index in [1.54, 1.807) is 18.3 Å². The van der Waals surface area contributed by atoms with Crippen LogP contribution in [0.4, 0.5) is 11.5 Å². The van der Waals surface area contributed by atoms with Crippen molar-refractivity contribution in [1.29, 1.82) is 0 Å². The predicted molar refractivity (Wildman–Crippen MR) is 104 cm³/mol. The van der Waals surface area contributed by atoms with Crippen LogP contribution >= 0.6 is 15.9 Å². The molecule has 0 aliphatic carbocycles. The number of anilines is 2. The summed E-state index contributed by atoms with van der Waals surface area (Å²) in [5, 5.41) is 6.14. The fraction of sp³-hybridized carbons (Fsp3) is 0.100. The van der Waals surface area contributed by atoms with Gasteiger partial charge in [-0.15, -0.1) is 0 Å². The number of pyridine rings is 1. The van der Waals surface area contributed by atoms with Crippen LogP contribution in [0.25, 0.3) is 0 Å². The van der Waals surface area contributed by atoms with E-state index in [-0.39, 0.29) is 5.91 Å². The summed E-state index contributed by atoms with van der Waals surface area (Å²) in [4.78, 5) is 16.6. The minimum absolute atomic E-state index is 0.126. The van der Waals surface area contributed by atoms with Crippen LogP contribution in [-0.2, 0) is 6.54 Å². The highest BCUT2D eigenvalue weighted by atomic mass is 79.9. The van der Waals surface area contributed by atoms with Crippen molar-refractivity contribution in [2.45, 2.75) is 13.5 Å². The van der Waals surface area contributed by atoms with Crippen molar-refractivity contribution in [1.82, 2.24) is 10.3 Å². The van der Waals surface area contributed by atoms with Gasteiger partial charge in [0.05, 0.1) is 0 Å². The lowest BCUT2D eigenvalue weighted by Crippen LogP contribution is -2.22. The van der Waals surface area contributed by atoms with E-state index in [2.05, 4.69) is 31.5 Å². The molecule has 0 saturated heterocycles. The van der Waals surface area contributed by atoms with Crippen molar-refractivity contribution >= 4 is 33.3 Å². The first-order valence-electron chi connectivity index (χ1n) is 7.93. The van der Waals surface area contributed by atoms with E-state index >= 15 is 0 Å². The number of nitrogens with zero attached hydrogens (tertiary/aromatic N) is 1. The van der Waals surface area contributed by atoms with Gasteiger partial charge in [-0.3, -0.25) is 4.79 Å². The SMILES string of the molecule is Cc1ccc(Nc2cc(C(=O)NCc3ccccc3)ccn2)cc1Br. The van der Waals surface area contributed by atoms with E-state index in [1.807, 2.05) is 55.5 Å². The molecule has 0 atom stereocenters. The molecule has 1 aromatic heterocycles. The molecule has 3 rings (SSSR count). The Bertz CT molecular complexity index is 881. The van der Waals surface area contributed by atoms with Crippen molar-refractivity contribution in [3.05, 3.63) is 88.0 Å². The van der Waals surface area contributed by atoms with Crippen LogP contribution in [0.15, 0.2) is 71.3 Å². The van der Waals surface area contributed by atoms with Crippen LogP contribution in [0.5, 0.6) is 0 Å². The Kier molecular flexibility index (Phi) is 5.46. The van der Waals surface area contributed by atoms with Crippen LogP contribution in [-0.4, -0.2) is 10.9 Å². The highest BCUT2D eigenvalue weighted by molar-refractivity contribution is 9.10. The summed E-state index contributed by atoms with van der Waals surface area (Å²) in [5.74, 6) is 0.502. The summed E-state index contributed by atoms with van der Waals surface area (Å²) in [6.45, 7) is 2.53. The molecule has 0 fully saturated rings. The van der Waals surface area contributed by atoms with Crippen LogP contribution in [0, 0.1) is 6.92 Å². The van der Waals surface area contributed by atoms with Gasteiger partial charge in [-0.25, -0.2) is 4.98 Å². The highest BCUT2D eigenvalue weighted by Gasteiger charge is 2.07. The van der Waals surface area contributed by atoms with Gasteiger partial charge in [0.15, 0.2) is 0 Å². The molecule has 0 aliphatic heterocycles. The van der Waals surface area contributed by atoms with Gasteiger partial charge in [0.1, 0.15) is 5.82 Å². The maximum Gasteiger partial charge on any atom is 0.251 e. The van der Waals surface area contributed by atoms with Crippen LogP contribution in [0.2, 0.25) is 0 Å². The van der Waals surface area contributed by atoms with Gasteiger partial charge >= 0.3 is 0 Å². The van der Waals surface area contributed by atoms with Gasteiger partial charge in [0.25, 0.3) is 5.91 Å². The number of carbonyl (C=O) groups is 1. The molecule has 0 bridgehead atoms. The summed E-state index contributed by atoms with van der Waals surface area (Å²) in [6, 6.07) is 19.3. The first-order valence-corrected chi connectivity index (χ1v) is 8.72. The first-order chi connectivity index (χ1) is 12.1. The van der Waals surface area contributed by atoms with Gasteiger partial charge in [0.2, 0.25) is 0 Å². The van der Waals surface area contributed by atoms with E-state index in [0.29, 0.717) is 17.9 Å². The van der Waals surface area contributed by atoms with Gasteiger partial charge in [-0.2, -0.15) is 0 Å². The Hall–Kier alpha value is -2.66. The molecule has 0 radical (unpaired) electrons. The summed E-state index contributed by atoms with van der Waals surface area (Å²) in [7, 11) is 0. The second-order valence-electron chi connectivity index (χ2n) is 5.69. The number of benzene rings is 2. The lowest BCUT2D eigenvalue weighted by Gasteiger charge is -2.09. The zero-order valence-electron chi connectivity index (χ0n) is 13.8. The van der Waals surface area contributed by atoms with Gasteiger partial charge < -0.3 is 10.6 Å². The molecule has 0 saturated carbocycles. The molecule has 2 N–H and O–H groups in total. The summed E-state index contributed by atoms with van der Waals surface area (Å²) in [5.41, 5.74) is 3.70. The third-order valence-electron chi connectivity index (χ3n) is 3.76. The number of nitrogens with one attached hydrogen (secondary N) is 2. The monoisotopic (exact) mass is 395 g/mol. The molecule has 25 heavy (non-hydrogen) atoms. The first kappa shape index (κ1) is 17.2. The average molecular weight is 396 g/mol. The average Bonchev–Trinajstić information content (AvgIpc) is 2.64. The van der Waals surface area contributed by atoms with E-state index < -0.39 is 0 Å². The maximum absolute atomic E-state index is 12.3. The third kappa shape index (κ3) is 4.67. The lowest BCUT2D eigenvalue weighted by molar-refractivity contribution is 0.0951. The minimum atomic E-state index is -0.126. The molecule has 4 nitrogen and oxygen atoms in total. The molecule has 0 aliphatic rings. The minimum Gasteiger partial charge on any atom is -0.348 e. The second-order valence-corrected chi connectivity index (χ2v) is 6.54. The van der Waals surface area contributed by atoms with Crippen molar-refractivity contribution in [3.8, 4) is 0 Å². The summed E-state index contributed by atoms with van der Waals surface area (Å²) >= 11 is 3.52. The summed E-state index contributed by atoms with van der Waals surface area (Å²) in [6.07, 6.45) is 1.63. The Morgan fingerprint density at radius 3 is 2.64 bits per heavy atom. The molecule has 5 heteroatoms. The van der Waals surface area contributed by atoms with E-state index in [9.17, 15) is 4.79 Å². The normalized spacial score (nSPS) is 10.3. The number of aryl methyl sites for hydroxylation is 1. The van der Waals surface area contributed by atoms with E-state index in [0.717, 1.165) is 21.3 Å². The molecular formula is C20H18BrN3O. The van der Waals surface area contributed by atoms with Crippen LogP contribution in [0.1, 0.15) is 21.5 Å². The number of rotatable bonds is 5. The maximum atomic E-state index is 12.3. The third-order valence-corrected chi connectivity index (χ3v) is 4.62. The number of aromatic nitrogens is 1. The standard InChI is InChI=1S/C20H18BrN3O/c1-14-7-8-17(12-18(14)21)24-19-11-16(9-10-22-19)20(25)23-13-15-5-3-2-4-6-15/h2-12H,13H2,1H3,(H,22,24)(H,23,25).